The summed E-state index contributed by atoms with van der Waals surface area (Å²) in [5, 5.41) is 1.09. The van der Waals surface area contributed by atoms with Gasteiger partial charge < -0.3 is 0 Å². The SMILES string of the molecule is CCC1CCCC(S)C1S. The Morgan fingerprint density at radius 3 is 2.50 bits per heavy atom. The summed E-state index contributed by atoms with van der Waals surface area (Å²) in [7, 11) is 0. The van der Waals surface area contributed by atoms with Gasteiger partial charge in [-0.3, -0.25) is 0 Å². The second-order valence-electron chi connectivity index (χ2n) is 3.16. The standard InChI is InChI=1S/C8H16S2/c1-2-6-4-3-5-7(9)8(6)10/h6-10H,2-5H2,1H3. The Morgan fingerprint density at radius 2 is 2.00 bits per heavy atom. The van der Waals surface area contributed by atoms with Gasteiger partial charge >= 0.3 is 0 Å². The van der Waals surface area contributed by atoms with Gasteiger partial charge in [-0.1, -0.05) is 19.8 Å². The summed E-state index contributed by atoms with van der Waals surface area (Å²) in [5.74, 6) is 0.819. The molecule has 0 heterocycles. The fourth-order valence-electron chi connectivity index (χ4n) is 1.69. The highest BCUT2D eigenvalue weighted by Gasteiger charge is 2.26. The lowest BCUT2D eigenvalue weighted by Gasteiger charge is -2.31. The minimum absolute atomic E-state index is 0.544. The van der Waals surface area contributed by atoms with Crippen molar-refractivity contribution >= 4 is 25.3 Å². The molecule has 1 rings (SSSR count). The largest absolute Gasteiger partial charge is 0.175 e. The van der Waals surface area contributed by atoms with E-state index in [2.05, 4.69) is 32.2 Å². The third-order valence-electron chi connectivity index (χ3n) is 2.48. The third kappa shape index (κ3) is 1.85. The molecule has 0 saturated heterocycles. The quantitative estimate of drug-likeness (QED) is 0.564. The van der Waals surface area contributed by atoms with Crippen molar-refractivity contribution in [3.8, 4) is 0 Å². The van der Waals surface area contributed by atoms with Gasteiger partial charge in [-0.2, -0.15) is 25.3 Å². The van der Waals surface area contributed by atoms with Crippen LogP contribution in [0.3, 0.4) is 0 Å². The van der Waals surface area contributed by atoms with Crippen LogP contribution in [0.25, 0.3) is 0 Å². The average molecular weight is 176 g/mol. The van der Waals surface area contributed by atoms with Crippen LogP contribution < -0.4 is 0 Å². The number of hydrogen-bond acceptors (Lipinski definition) is 2. The molecular weight excluding hydrogens is 160 g/mol. The second kappa shape index (κ2) is 3.91. The molecule has 1 aliphatic rings. The fourth-order valence-corrected chi connectivity index (χ4v) is 2.63. The van der Waals surface area contributed by atoms with Crippen LogP contribution in [-0.2, 0) is 0 Å². The molecule has 2 heteroatoms. The van der Waals surface area contributed by atoms with Gasteiger partial charge in [0.1, 0.15) is 0 Å². The maximum atomic E-state index is 4.55. The maximum absolute atomic E-state index is 4.55. The normalized spacial score (nSPS) is 41.7. The first-order chi connectivity index (χ1) is 4.75. The van der Waals surface area contributed by atoms with Crippen molar-refractivity contribution in [3.63, 3.8) is 0 Å². The summed E-state index contributed by atoms with van der Waals surface area (Å²) in [6.45, 7) is 2.25. The van der Waals surface area contributed by atoms with Crippen molar-refractivity contribution in [2.45, 2.75) is 43.1 Å². The molecule has 0 N–H and O–H groups in total. The predicted molar refractivity (Wildman–Crippen MR) is 53.2 cm³/mol. The zero-order chi connectivity index (χ0) is 7.56. The smallest absolute Gasteiger partial charge is 0.0161 e. The van der Waals surface area contributed by atoms with Crippen LogP contribution in [0.5, 0.6) is 0 Å². The average Bonchev–Trinajstić information content (AvgIpc) is 1.95. The molecule has 0 aromatic rings. The fraction of sp³-hybridized carbons (Fsp3) is 1.00. The molecule has 10 heavy (non-hydrogen) atoms. The molecule has 1 fully saturated rings. The van der Waals surface area contributed by atoms with Gasteiger partial charge in [0, 0.05) is 10.5 Å². The number of thiol groups is 2. The zero-order valence-corrected chi connectivity index (χ0v) is 8.24. The van der Waals surface area contributed by atoms with Crippen LogP contribution in [0.4, 0.5) is 0 Å². The maximum Gasteiger partial charge on any atom is 0.0161 e. The molecule has 1 aliphatic carbocycles. The van der Waals surface area contributed by atoms with Crippen molar-refractivity contribution in [3.05, 3.63) is 0 Å². The van der Waals surface area contributed by atoms with Gasteiger partial charge in [-0.15, -0.1) is 0 Å². The van der Waals surface area contributed by atoms with Gasteiger partial charge in [-0.05, 0) is 18.8 Å². The Hall–Kier alpha value is 0.700. The highest BCUT2D eigenvalue weighted by atomic mass is 32.1. The van der Waals surface area contributed by atoms with E-state index in [0.29, 0.717) is 10.5 Å². The molecule has 0 aliphatic heterocycles. The zero-order valence-electron chi connectivity index (χ0n) is 6.45. The van der Waals surface area contributed by atoms with Crippen molar-refractivity contribution in [1.29, 1.82) is 0 Å². The first-order valence-corrected chi connectivity index (χ1v) is 5.15. The van der Waals surface area contributed by atoms with E-state index in [0.717, 1.165) is 5.92 Å². The van der Waals surface area contributed by atoms with E-state index in [1.165, 1.54) is 25.7 Å². The van der Waals surface area contributed by atoms with E-state index in [-0.39, 0.29) is 0 Å². The summed E-state index contributed by atoms with van der Waals surface area (Å²) in [4.78, 5) is 0. The minimum Gasteiger partial charge on any atom is -0.175 e. The first-order valence-electron chi connectivity index (χ1n) is 4.11. The van der Waals surface area contributed by atoms with Gasteiger partial charge in [0.05, 0.1) is 0 Å². The van der Waals surface area contributed by atoms with Crippen LogP contribution in [0.15, 0.2) is 0 Å². The first kappa shape index (κ1) is 8.79. The lowest BCUT2D eigenvalue weighted by Crippen LogP contribution is -2.29. The summed E-state index contributed by atoms with van der Waals surface area (Å²) < 4.78 is 0. The Balaban J connectivity index is 2.42. The van der Waals surface area contributed by atoms with Gasteiger partial charge in [-0.25, -0.2) is 0 Å². The van der Waals surface area contributed by atoms with Crippen LogP contribution in [-0.4, -0.2) is 10.5 Å². The van der Waals surface area contributed by atoms with E-state index < -0.39 is 0 Å². The minimum atomic E-state index is 0.544. The van der Waals surface area contributed by atoms with E-state index in [4.69, 9.17) is 0 Å². The molecule has 0 bridgehead atoms. The number of rotatable bonds is 1. The topological polar surface area (TPSA) is 0 Å². The molecule has 0 aromatic heterocycles. The summed E-state index contributed by atoms with van der Waals surface area (Å²) >= 11 is 9.05. The van der Waals surface area contributed by atoms with Crippen LogP contribution in [0, 0.1) is 5.92 Å². The molecule has 3 atom stereocenters. The molecular formula is C8H16S2. The Kier molecular flexibility index (Phi) is 3.44. The highest BCUT2D eigenvalue weighted by Crippen LogP contribution is 2.33. The lowest BCUT2D eigenvalue weighted by atomic mass is 9.86. The van der Waals surface area contributed by atoms with Crippen molar-refractivity contribution in [1.82, 2.24) is 0 Å². The number of hydrogen-bond donors (Lipinski definition) is 2. The molecule has 0 radical (unpaired) electrons. The van der Waals surface area contributed by atoms with Crippen molar-refractivity contribution < 1.29 is 0 Å². The molecule has 0 spiro atoms. The highest BCUT2D eigenvalue weighted by molar-refractivity contribution is 7.85. The van der Waals surface area contributed by atoms with E-state index >= 15 is 0 Å². The summed E-state index contributed by atoms with van der Waals surface area (Å²) in [6, 6.07) is 0. The Morgan fingerprint density at radius 1 is 1.30 bits per heavy atom. The molecule has 0 aromatic carbocycles. The molecule has 1 saturated carbocycles. The van der Waals surface area contributed by atoms with Gasteiger partial charge in [0.2, 0.25) is 0 Å². The van der Waals surface area contributed by atoms with Crippen LogP contribution in [0.1, 0.15) is 32.6 Å². The van der Waals surface area contributed by atoms with Gasteiger partial charge in [0.25, 0.3) is 0 Å². The molecule has 0 nitrogen and oxygen atoms in total. The van der Waals surface area contributed by atoms with Crippen LogP contribution >= 0.6 is 25.3 Å². The lowest BCUT2D eigenvalue weighted by molar-refractivity contribution is 0.371. The van der Waals surface area contributed by atoms with E-state index in [9.17, 15) is 0 Å². The Bertz CT molecular complexity index is 103. The predicted octanol–water partition coefficient (Wildman–Crippen LogP) is 2.79. The third-order valence-corrected chi connectivity index (χ3v) is 4.07. The van der Waals surface area contributed by atoms with Crippen LogP contribution in [0.2, 0.25) is 0 Å². The molecule has 60 valence electrons. The van der Waals surface area contributed by atoms with E-state index in [1.807, 2.05) is 0 Å². The summed E-state index contributed by atoms with van der Waals surface area (Å²) in [5.41, 5.74) is 0. The van der Waals surface area contributed by atoms with Gasteiger partial charge in [0.15, 0.2) is 0 Å². The monoisotopic (exact) mass is 176 g/mol. The molecule has 0 amide bonds. The van der Waals surface area contributed by atoms with Crippen molar-refractivity contribution in [2.75, 3.05) is 0 Å². The second-order valence-corrected chi connectivity index (χ2v) is 4.42. The summed E-state index contributed by atoms with van der Waals surface area (Å²) in [6.07, 6.45) is 5.24. The van der Waals surface area contributed by atoms with E-state index in [1.54, 1.807) is 0 Å². The Labute approximate surface area is 74.6 Å². The van der Waals surface area contributed by atoms with Crippen molar-refractivity contribution in [2.24, 2.45) is 5.92 Å². The molecule has 3 unspecified atom stereocenters.